The van der Waals surface area contributed by atoms with E-state index in [4.69, 9.17) is 0 Å². The zero-order valence-electron chi connectivity index (χ0n) is 9.43. The number of pyridine rings is 1. The first-order valence-corrected chi connectivity index (χ1v) is 5.21. The number of allylic oxidation sites excluding steroid dienone is 5. The molecule has 0 atom stereocenters. The van der Waals surface area contributed by atoms with Crippen LogP contribution in [0.1, 0.15) is 23.0 Å². The molecule has 0 saturated heterocycles. The number of aromatic nitrogens is 1. The number of carbonyl (C=O) groups is 2. The Morgan fingerprint density at radius 1 is 1.29 bits per heavy atom. The lowest BCUT2D eigenvalue weighted by Gasteiger charge is -2.15. The second-order valence-electron chi connectivity index (χ2n) is 3.69. The molecule has 17 heavy (non-hydrogen) atoms. The maximum atomic E-state index is 11.9. The van der Waals surface area contributed by atoms with E-state index in [-0.39, 0.29) is 0 Å². The Morgan fingerprint density at radius 3 is 2.76 bits per heavy atom. The van der Waals surface area contributed by atoms with Gasteiger partial charge in [0, 0.05) is 11.8 Å². The third kappa shape index (κ3) is 1.76. The predicted octanol–water partition coefficient (Wildman–Crippen LogP) is 2.36. The highest BCUT2D eigenvalue weighted by atomic mass is 16.2. The Morgan fingerprint density at radius 2 is 2.06 bits per heavy atom. The monoisotopic (exact) mass is 225 g/mol. The lowest BCUT2D eigenvalue weighted by Crippen LogP contribution is -2.23. The standard InChI is InChI=1S/C14H11NO2/c1-3-4-6-10-9(2)12-11(7-5-8-15-12)14(17)13(10)16/h3-8H,1H2,2H3/b6-4-. The molecule has 0 bridgehead atoms. The highest BCUT2D eigenvalue weighted by Crippen LogP contribution is 2.27. The predicted molar refractivity (Wildman–Crippen MR) is 65.5 cm³/mol. The van der Waals surface area contributed by atoms with Crippen LogP contribution in [0.15, 0.2) is 48.7 Å². The van der Waals surface area contributed by atoms with Crippen molar-refractivity contribution in [3.63, 3.8) is 0 Å². The first kappa shape index (κ1) is 11.2. The van der Waals surface area contributed by atoms with E-state index in [0.717, 1.165) is 5.57 Å². The number of hydrogen-bond acceptors (Lipinski definition) is 3. The molecule has 0 spiro atoms. The summed E-state index contributed by atoms with van der Waals surface area (Å²) in [7, 11) is 0. The van der Waals surface area contributed by atoms with Crippen molar-refractivity contribution in [2.75, 3.05) is 0 Å². The fraction of sp³-hybridized carbons (Fsp3) is 0.0714. The molecule has 1 aromatic rings. The SMILES string of the molecule is C=C/C=C\C1=C(C)c2ncccc2C(=O)C1=O. The number of carbonyl (C=O) groups excluding carboxylic acids is 2. The number of hydrogen-bond donors (Lipinski definition) is 0. The van der Waals surface area contributed by atoms with Crippen molar-refractivity contribution in [1.29, 1.82) is 0 Å². The van der Waals surface area contributed by atoms with E-state index in [9.17, 15) is 9.59 Å². The zero-order chi connectivity index (χ0) is 12.4. The van der Waals surface area contributed by atoms with Crippen molar-refractivity contribution in [1.82, 2.24) is 4.98 Å². The topological polar surface area (TPSA) is 47.0 Å². The number of rotatable bonds is 2. The van der Waals surface area contributed by atoms with E-state index in [1.165, 1.54) is 0 Å². The quantitative estimate of drug-likeness (QED) is 0.573. The lowest BCUT2D eigenvalue weighted by molar-refractivity contribution is -0.111. The van der Waals surface area contributed by atoms with Gasteiger partial charge in [0.25, 0.3) is 0 Å². The van der Waals surface area contributed by atoms with Gasteiger partial charge in [0.15, 0.2) is 0 Å². The molecule has 1 heterocycles. The van der Waals surface area contributed by atoms with Gasteiger partial charge >= 0.3 is 0 Å². The van der Waals surface area contributed by atoms with Gasteiger partial charge in [-0.15, -0.1) is 0 Å². The van der Waals surface area contributed by atoms with Crippen molar-refractivity contribution in [3.05, 3.63) is 60.0 Å². The van der Waals surface area contributed by atoms with Crippen LogP contribution in [-0.2, 0) is 4.79 Å². The maximum Gasteiger partial charge on any atom is 0.235 e. The molecule has 0 radical (unpaired) electrons. The van der Waals surface area contributed by atoms with Crippen LogP contribution in [0.5, 0.6) is 0 Å². The number of fused-ring (bicyclic) bond motifs is 1. The van der Waals surface area contributed by atoms with Crippen LogP contribution in [-0.4, -0.2) is 16.6 Å². The lowest BCUT2D eigenvalue weighted by atomic mass is 9.87. The largest absolute Gasteiger partial charge is 0.285 e. The summed E-state index contributed by atoms with van der Waals surface area (Å²) in [4.78, 5) is 27.9. The van der Waals surface area contributed by atoms with Gasteiger partial charge in [0.2, 0.25) is 11.6 Å². The summed E-state index contributed by atoms with van der Waals surface area (Å²) in [6.45, 7) is 5.33. The third-order valence-electron chi connectivity index (χ3n) is 2.66. The smallest absolute Gasteiger partial charge is 0.235 e. The molecular formula is C14H11NO2. The summed E-state index contributed by atoms with van der Waals surface area (Å²) >= 11 is 0. The van der Waals surface area contributed by atoms with Gasteiger partial charge in [0.05, 0.1) is 11.3 Å². The first-order valence-electron chi connectivity index (χ1n) is 5.21. The molecule has 0 saturated carbocycles. The minimum Gasteiger partial charge on any atom is -0.285 e. The summed E-state index contributed by atoms with van der Waals surface area (Å²) in [5.74, 6) is -0.983. The van der Waals surface area contributed by atoms with Crippen molar-refractivity contribution in [2.45, 2.75) is 6.92 Å². The minimum absolute atomic E-state index is 0.380. The highest BCUT2D eigenvalue weighted by molar-refractivity contribution is 6.52. The van der Waals surface area contributed by atoms with Crippen LogP contribution in [0.3, 0.4) is 0 Å². The van der Waals surface area contributed by atoms with Gasteiger partial charge in [-0.25, -0.2) is 0 Å². The average Bonchev–Trinajstić information content (AvgIpc) is 2.36. The number of Topliss-reactive ketones (excluding diaryl/α,β-unsaturated/α-hetero) is 2. The molecule has 2 rings (SSSR count). The second-order valence-corrected chi connectivity index (χ2v) is 3.69. The maximum absolute atomic E-state index is 11.9. The molecule has 1 aromatic heterocycles. The van der Waals surface area contributed by atoms with E-state index in [2.05, 4.69) is 11.6 Å². The number of ketones is 2. The first-order chi connectivity index (χ1) is 8.16. The van der Waals surface area contributed by atoms with Gasteiger partial charge in [-0.1, -0.05) is 24.8 Å². The third-order valence-corrected chi connectivity index (χ3v) is 2.66. The van der Waals surface area contributed by atoms with Crippen molar-refractivity contribution >= 4 is 17.1 Å². The van der Waals surface area contributed by atoms with Crippen molar-refractivity contribution in [3.8, 4) is 0 Å². The zero-order valence-corrected chi connectivity index (χ0v) is 9.43. The molecule has 1 aliphatic rings. The van der Waals surface area contributed by atoms with Crippen LogP contribution in [0.2, 0.25) is 0 Å². The van der Waals surface area contributed by atoms with E-state index in [0.29, 0.717) is 16.8 Å². The van der Waals surface area contributed by atoms with Crippen LogP contribution in [0.4, 0.5) is 0 Å². The Labute approximate surface area is 99.2 Å². The van der Waals surface area contributed by atoms with Gasteiger partial charge in [-0.2, -0.15) is 0 Å². The van der Waals surface area contributed by atoms with Gasteiger partial charge in [-0.3, -0.25) is 14.6 Å². The summed E-state index contributed by atoms with van der Waals surface area (Å²) in [5.41, 5.74) is 2.08. The molecule has 0 fully saturated rings. The molecule has 1 aliphatic carbocycles. The van der Waals surface area contributed by atoms with E-state index < -0.39 is 11.6 Å². The van der Waals surface area contributed by atoms with Crippen LogP contribution >= 0.6 is 0 Å². The van der Waals surface area contributed by atoms with Gasteiger partial charge in [-0.05, 0) is 24.6 Å². The molecule has 0 amide bonds. The summed E-state index contributed by atoms with van der Waals surface area (Å²) in [6.07, 6.45) is 6.41. The van der Waals surface area contributed by atoms with Crippen LogP contribution in [0.25, 0.3) is 5.57 Å². The molecule has 0 aliphatic heterocycles. The molecule has 0 unspecified atom stereocenters. The second kappa shape index (κ2) is 4.29. The van der Waals surface area contributed by atoms with Crippen molar-refractivity contribution < 1.29 is 9.59 Å². The molecule has 0 aromatic carbocycles. The normalized spacial score (nSPS) is 15.4. The summed E-state index contributed by atoms with van der Waals surface area (Å²) in [5, 5.41) is 0. The van der Waals surface area contributed by atoms with E-state index >= 15 is 0 Å². The molecule has 3 heteroatoms. The summed E-state index contributed by atoms with van der Waals surface area (Å²) < 4.78 is 0. The Kier molecular flexibility index (Phi) is 2.83. The van der Waals surface area contributed by atoms with Crippen LogP contribution < -0.4 is 0 Å². The van der Waals surface area contributed by atoms with Gasteiger partial charge in [0.1, 0.15) is 0 Å². The van der Waals surface area contributed by atoms with Crippen molar-refractivity contribution in [2.24, 2.45) is 0 Å². The van der Waals surface area contributed by atoms with E-state index in [1.807, 2.05) is 0 Å². The fourth-order valence-corrected chi connectivity index (χ4v) is 1.79. The Balaban J connectivity index is 2.67. The average molecular weight is 225 g/mol. The summed E-state index contributed by atoms with van der Waals surface area (Å²) in [6, 6.07) is 3.28. The minimum atomic E-state index is -0.498. The molecule has 0 N–H and O–H groups in total. The fourth-order valence-electron chi connectivity index (χ4n) is 1.79. The van der Waals surface area contributed by atoms with Crippen LogP contribution in [0, 0.1) is 0 Å². The Bertz CT molecular complexity index is 580. The number of nitrogens with zero attached hydrogens (tertiary/aromatic N) is 1. The molecular weight excluding hydrogens is 214 g/mol. The Hall–Kier alpha value is -2.29. The molecule has 84 valence electrons. The molecule has 3 nitrogen and oxygen atoms in total. The van der Waals surface area contributed by atoms with Gasteiger partial charge < -0.3 is 0 Å². The highest BCUT2D eigenvalue weighted by Gasteiger charge is 2.29. The van der Waals surface area contributed by atoms with E-state index in [1.54, 1.807) is 43.5 Å².